The van der Waals surface area contributed by atoms with Crippen molar-refractivity contribution in [2.75, 3.05) is 4.90 Å². The molecule has 0 bridgehead atoms. The summed E-state index contributed by atoms with van der Waals surface area (Å²) in [4.78, 5) is 2.43. The van der Waals surface area contributed by atoms with Crippen LogP contribution < -0.4 is 9.64 Å². The van der Waals surface area contributed by atoms with Crippen LogP contribution in [0.1, 0.15) is 36.1 Å². The SMILES string of the molecule is CC1(C)c2ccccc2-c2c(N(c3ccc4c(c3)Cc3ccccc3O4)c3cccc4oc5ccccc5c34)cccc21. The van der Waals surface area contributed by atoms with E-state index in [0.717, 1.165) is 56.9 Å². The molecule has 0 atom stereocenters. The van der Waals surface area contributed by atoms with Gasteiger partial charge in [-0.15, -0.1) is 0 Å². The van der Waals surface area contributed by atoms with Gasteiger partial charge in [-0.05, 0) is 70.8 Å². The van der Waals surface area contributed by atoms with Gasteiger partial charge >= 0.3 is 0 Å². The van der Waals surface area contributed by atoms with Gasteiger partial charge in [0.05, 0.1) is 16.8 Å². The molecule has 7 aromatic rings. The molecule has 3 heteroatoms. The zero-order chi connectivity index (χ0) is 28.7. The van der Waals surface area contributed by atoms with Crippen LogP contribution in [0.2, 0.25) is 0 Å². The summed E-state index contributed by atoms with van der Waals surface area (Å²) >= 11 is 0. The van der Waals surface area contributed by atoms with Crippen LogP contribution in [0, 0.1) is 0 Å². The van der Waals surface area contributed by atoms with Crippen molar-refractivity contribution < 1.29 is 9.15 Å². The Morgan fingerprint density at radius 2 is 1.33 bits per heavy atom. The quantitative estimate of drug-likeness (QED) is 0.217. The second kappa shape index (κ2) is 8.86. The first-order valence-electron chi connectivity index (χ1n) is 14.9. The fourth-order valence-corrected chi connectivity index (χ4v) is 7.29. The van der Waals surface area contributed by atoms with Crippen LogP contribution in [0.4, 0.5) is 17.1 Å². The van der Waals surface area contributed by atoms with Crippen LogP contribution >= 0.6 is 0 Å². The molecule has 1 aliphatic carbocycles. The second-order valence-corrected chi connectivity index (χ2v) is 12.1. The predicted molar refractivity (Wildman–Crippen MR) is 175 cm³/mol. The number of para-hydroxylation sites is 2. The molecule has 0 fully saturated rings. The van der Waals surface area contributed by atoms with Crippen molar-refractivity contribution in [1.29, 1.82) is 0 Å². The van der Waals surface area contributed by atoms with Crippen LogP contribution in [0.3, 0.4) is 0 Å². The summed E-state index contributed by atoms with van der Waals surface area (Å²) in [5, 5.41) is 2.22. The minimum absolute atomic E-state index is 0.102. The number of nitrogens with zero attached hydrogens (tertiary/aromatic N) is 1. The van der Waals surface area contributed by atoms with E-state index in [0.29, 0.717) is 0 Å². The van der Waals surface area contributed by atoms with Crippen LogP contribution in [0.25, 0.3) is 33.1 Å². The minimum Gasteiger partial charge on any atom is -0.457 e. The van der Waals surface area contributed by atoms with Crippen LogP contribution in [-0.2, 0) is 11.8 Å². The molecule has 206 valence electrons. The van der Waals surface area contributed by atoms with Crippen molar-refractivity contribution in [3.8, 4) is 22.6 Å². The number of anilines is 3. The highest BCUT2D eigenvalue weighted by Gasteiger charge is 2.38. The molecule has 0 saturated heterocycles. The minimum atomic E-state index is -0.102. The largest absolute Gasteiger partial charge is 0.457 e. The lowest BCUT2D eigenvalue weighted by Crippen LogP contribution is -2.16. The van der Waals surface area contributed by atoms with Gasteiger partial charge in [0, 0.05) is 34.0 Å². The van der Waals surface area contributed by atoms with Gasteiger partial charge in [-0.2, -0.15) is 0 Å². The highest BCUT2D eigenvalue weighted by molar-refractivity contribution is 6.14. The summed E-state index contributed by atoms with van der Waals surface area (Å²) < 4.78 is 12.7. The Kier molecular flexibility index (Phi) is 5.01. The van der Waals surface area contributed by atoms with E-state index in [-0.39, 0.29) is 5.41 Å². The van der Waals surface area contributed by atoms with Crippen LogP contribution in [-0.4, -0.2) is 0 Å². The third-order valence-electron chi connectivity index (χ3n) is 9.32. The van der Waals surface area contributed by atoms with Crippen LogP contribution in [0.15, 0.2) is 132 Å². The van der Waals surface area contributed by atoms with Crippen molar-refractivity contribution in [1.82, 2.24) is 0 Å². The summed E-state index contributed by atoms with van der Waals surface area (Å²) in [5.74, 6) is 1.85. The molecule has 0 unspecified atom stereocenters. The number of benzene rings is 6. The third-order valence-corrected chi connectivity index (χ3v) is 9.32. The molecular formula is C40H29NO2. The molecule has 9 rings (SSSR count). The van der Waals surface area contributed by atoms with Gasteiger partial charge in [-0.1, -0.05) is 92.7 Å². The molecule has 0 N–H and O–H groups in total. The summed E-state index contributed by atoms with van der Waals surface area (Å²) in [7, 11) is 0. The lowest BCUT2D eigenvalue weighted by Gasteiger charge is -2.30. The van der Waals surface area contributed by atoms with E-state index in [2.05, 4.69) is 134 Å². The Hall–Kier alpha value is -5.28. The maximum Gasteiger partial charge on any atom is 0.137 e. The average Bonchev–Trinajstić information content (AvgIpc) is 3.53. The first-order chi connectivity index (χ1) is 21.1. The van der Waals surface area contributed by atoms with E-state index in [1.165, 1.54) is 33.4 Å². The van der Waals surface area contributed by atoms with E-state index in [9.17, 15) is 0 Å². The number of hydrogen-bond acceptors (Lipinski definition) is 3. The smallest absolute Gasteiger partial charge is 0.137 e. The van der Waals surface area contributed by atoms with E-state index < -0.39 is 0 Å². The fraction of sp³-hybridized carbons (Fsp3) is 0.100. The molecule has 0 saturated carbocycles. The van der Waals surface area contributed by atoms with Crippen molar-refractivity contribution in [3.63, 3.8) is 0 Å². The highest BCUT2D eigenvalue weighted by Crippen LogP contribution is 2.55. The monoisotopic (exact) mass is 555 g/mol. The standard InChI is InChI=1S/C40H29NO2/c1-40(2)30-14-6-4-12-28(30)38-31(40)15-9-16-32(38)41(33-17-10-20-37-39(33)29-13-5-8-19-36(29)43-37)27-21-22-35-26(24-27)23-25-11-3-7-18-34(25)42-35/h3-22,24H,23H2,1-2H3. The van der Waals surface area contributed by atoms with Gasteiger partial charge in [-0.3, -0.25) is 0 Å². The Morgan fingerprint density at radius 3 is 2.28 bits per heavy atom. The fourth-order valence-electron chi connectivity index (χ4n) is 7.29. The van der Waals surface area contributed by atoms with Gasteiger partial charge in [-0.25, -0.2) is 0 Å². The summed E-state index contributed by atoms with van der Waals surface area (Å²) in [6.45, 7) is 4.67. The van der Waals surface area contributed by atoms with E-state index in [1.807, 2.05) is 12.1 Å². The third kappa shape index (κ3) is 3.48. The topological polar surface area (TPSA) is 25.6 Å². The van der Waals surface area contributed by atoms with Crippen LogP contribution in [0.5, 0.6) is 11.5 Å². The molecule has 2 aliphatic rings. The van der Waals surface area contributed by atoms with Crippen molar-refractivity contribution in [3.05, 3.63) is 150 Å². The zero-order valence-electron chi connectivity index (χ0n) is 24.1. The van der Waals surface area contributed by atoms with Crippen molar-refractivity contribution >= 4 is 39.0 Å². The van der Waals surface area contributed by atoms with Gasteiger partial charge < -0.3 is 14.1 Å². The van der Waals surface area contributed by atoms with E-state index in [4.69, 9.17) is 9.15 Å². The maximum absolute atomic E-state index is 6.38. The molecule has 43 heavy (non-hydrogen) atoms. The Bertz CT molecular complexity index is 2240. The molecule has 1 aliphatic heterocycles. The number of furan rings is 1. The molecule has 1 aromatic heterocycles. The maximum atomic E-state index is 6.38. The van der Waals surface area contributed by atoms with Crippen molar-refractivity contribution in [2.24, 2.45) is 0 Å². The Labute approximate surface area is 250 Å². The van der Waals surface area contributed by atoms with Gasteiger partial charge in [0.2, 0.25) is 0 Å². The lowest BCUT2D eigenvalue weighted by atomic mass is 9.82. The zero-order valence-corrected chi connectivity index (χ0v) is 24.1. The van der Waals surface area contributed by atoms with Gasteiger partial charge in [0.15, 0.2) is 0 Å². The molecule has 3 nitrogen and oxygen atoms in total. The molecule has 0 spiro atoms. The summed E-state index contributed by atoms with van der Waals surface area (Å²) in [6.07, 6.45) is 0.828. The molecular weight excluding hydrogens is 526 g/mol. The molecule has 0 amide bonds. The average molecular weight is 556 g/mol. The molecule has 2 heterocycles. The Balaban J connectivity index is 1.34. The number of fused-ring (bicyclic) bond motifs is 8. The normalized spacial score (nSPS) is 14.1. The number of rotatable bonds is 3. The van der Waals surface area contributed by atoms with Gasteiger partial charge in [0.25, 0.3) is 0 Å². The van der Waals surface area contributed by atoms with Gasteiger partial charge in [0.1, 0.15) is 22.7 Å². The molecule has 6 aromatic carbocycles. The number of ether oxygens (including phenoxy) is 1. The summed E-state index contributed by atoms with van der Waals surface area (Å²) in [6, 6.07) is 45.3. The Morgan fingerprint density at radius 1 is 0.605 bits per heavy atom. The second-order valence-electron chi connectivity index (χ2n) is 12.1. The molecule has 0 radical (unpaired) electrons. The van der Waals surface area contributed by atoms with E-state index >= 15 is 0 Å². The number of hydrogen-bond donors (Lipinski definition) is 0. The first-order valence-corrected chi connectivity index (χ1v) is 14.9. The van der Waals surface area contributed by atoms with Crippen molar-refractivity contribution in [2.45, 2.75) is 25.7 Å². The predicted octanol–water partition coefficient (Wildman–Crippen LogP) is 11.1. The van der Waals surface area contributed by atoms with E-state index in [1.54, 1.807) is 0 Å². The lowest BCUT2D eigenvalue weighted by molar-refractivity contribution is 0.460. The highest BCUT2D eigenvalue weighted by atomic mass is 16.5. The summed E-state index contributed by atoms with van der Waals surface area (Å²) in [5.41, 5.74) is 12.7. The first kappa shape index (κ1) is 24.3.